The molecule has 0 N–H and O–H groups in total. The number of rotatable bonds is 6. The Labute approximate surface area is 272 Å². The number of carbonyl (C=O) groups excluding carboxylic acids is 3. The van der Waals surface area contributed by atoms with Crippen LogP contribution in [0.3, 0.4) is 0 Å². The van der Waals surface area contributed by atoms with Gasteiger partial charge in [0.25, 0.3) is 0 Å². The molecule has 0 spiro atoms. The van der Waals surface area contributed by atoms with E-state index in [-0.39, 0.29) is 16.7 Å². The monoisotopic (exact) mass is 633 g/mol. The summed E-state index contributed by atoms with van der Waals surface area (Å²) in [6.45, 7) is 15.7. The highest BCUT2D eigenvalue weighted by Crippen LogP contribution is 2.42. The van der Waals surface area contributed by atoms with Gasteiger partial charge in [-0.1, -0.05) is 108 Å². The van der Waals surface area contributed by atoms with Crippen molar-refractivity contribution in [3.63, 3.8) is 0 Å². The number of hydrogen-bond acceptors (Lipinski definition) is 9. The molecule has 9 heteroatoms. The number of nitrogens with zero attached hydrogens (tertiary/aromatic N) is 3. The van der Waals surface area contributed by atoms with Gasteiger partial charge in [0.15, 0.2) is 0 Å². The lowest BCUT2D eigenvalue weighted by atomic mass is 9.99. The van der Waals surface area contributed by atoms with E-state index in [1.807, 2.05) is 72.8 Å². The zero-order valence-corrected chi connectivity index (χ0v) is 26.3. The summed E-state index contributed by atoms with van der Waals surface area (Å²) in [6, 6.07) is 22.9. The first kappa shape index (κ1) is 30.2. The average Bonchev–Trinajstić information content (AvgIpc) is 3.70. The van der Waals surface area contributed by atoms with E-state index >= 15 is 0 Å². The first-order valence-corrected chi connectivity index (χ1v) is 15.0. The van der Waals surface area contributed by atoms with E-state index in [4.69, 9.17) is 14.5 Å². The highest BCUT2D eigenvalue weighted by Gasteiger charge is 2.26. The van der Waals surface area contributed by atoms with Gasteiger partial charge in [-0.3, -0.25) is 0 Å². The maximum atomic E-state index is 12.6. The van der Waals surface area contributed by atoms with Gasteiger partial charge in [-0.2, -0.15) is 0 Å². The molecule has 7 aromatic carbocycles. The van der Waals surface area contributed by atoms with Crippen LogP contribution in [-0.4, -0.2) is 17.9 Å². The summed E-state index contributed by atoms with van der Waals surface area (Å²) in [6.07, 6.45) is 0. The van der Waals surface area contributed by atoms with Gasteiger partial charge < -0.3 is 14.5 Å². The van der Waals surface area contributed by atoms with E-state index in [1.54, 1.807) is 20.8 Å². The molecular weight excluding hydrogens is 606 g/mol. The molecule has 0 radical (unpaired) electrons. The Morgan fingerprint density at radius 1 is 0.417 bits per heavy atom. The molecule has 0 aliphatic rings. The van der Waals surface area contributed by atoms with Crippen molar-refractivity contribution in [3.05, 3.63) is 125 Å². The Hall–Kier alpha value is -6.48. The van der Waals surface area contributed by atoms with Crippen molar-refractivity contribution in [2.24, 2.45) is 15.5 Å². The van der Waals surface area contributed by atoms with Crippen LogP contribution < -0.4 is 16.1 Å². The molecule has 0 amide bonds. The molecule has 234 valence electrons. The molecule has 0 unspecified atom stereocenters. The number of fused-ring (bicyclic) bond motifs is 12. The standard InChI is InChI=1S/C39H27N3O6/c1-19(2)37(43)46-40-34-25-16-10-7-13-22(25)28-31(34)29-23-14-8-11-17-26(23)35(41-47-38(44)20(3)4)33(29)30-24-15-9-12-18-27(24)36(32(28)30)42-48-39(45)21(5)6/h7-18H,1,3,5H2,2,4,6H3/b40-34-,41-35+,42-36+. The molecule has 9 nitrogen and oxygen atoms in total. The van der Waals surface area contributed by atoms with Crippen LogP contribution in [0.15, 0.2) is 125 Å². The predicted octanol–water partition coefficient (Wildman–Crippen LogP) is 6.72. The van der Waals surface area contributed by atoms with E-state index in [0.29, 0.717) is 48.4 Å². The van der Waals surface area contributed by atoms with Crippen molar-refractivity contribution in [2.75, 3.05) is 0 Å². The van der Waals surface area contributed by atoms with Crippen LogP contribution in [0, 0.1) is 0 Å². The third-order valence-electron chi connectivity index (χ3n) is 8.27. The van der Waals surface area contributed by atoms with Gasteiger partial charge in [-0.05, 0) is 36.9 Å². The summed E-state index contributed by atoms with van der Waals surface area (Å²) in [5, 5.41) is 23.2. The number of benzene rings is 4. The van der Waals surface area contributed by atoms with Gasteiger partial charge in [-0.25, -0.2) is 14.4 Å². The Kier molecular flexibility index (Phi) is 7.17. The number of carbonyl (C=O) groups is 3. The molecule has 0 saturated heterocycles. The SMILES string of the molecule is C=C(C)C(=O)O/N=c1/c2ccccc2c2c1c1c3ccccc3/c(=N\OC(=O)C(=C)C)c1c1c3ccccc3/c(=N\OC(=O)C(=C)C)c21. The normalized spacial score (nSPS) is 12.9. The van der Waals surface area contributed by atoms with Crippen LogP contribution in [0.2, 0.25) is 0 Å². The van der Waals surface area contributed by atoms with Crippen LogP contribution in [0.25, 0.3) is 64.6 Å². The summed E-state index contributed by atoms with van der Waals surface area (Å²) in [4.78, 5) is 54.2. The maximum absolute atomic E-state index is 12.6. The quantitative estimate of drug-likeness (QED) is 0.114. The molecule has 7 rings (SSSR count). The van der Waals surface area contributed by atoms with Crippen LogP contribution in [0.5, 0.6) is 0 Å². The van der Waals surface area contributed by atoms with Crippen LogP contribution in [-0.2, 0) is 28.9 Å². The fourth-order valence-electron chi connectivity index (χ4n) is 6.17. The Balaban J connectivity index is 1.85. The zero-order chi connectivity index (χ0) is 33.9. The van der Waals surface area contributed by atoms with E-state index in [0.717, 1.165) is 32.3 Å². The van der Waals surface area contributed by atoms with E-state index in [2.05, 4.69) is 35.2 Å². The minimum atomic E-state index is -0.679. The smallest absolute Gasteiger partial charge is 0.313 e. The molecule has 0 bridgehead atoms. The molecule has 0 aliphatic carbocycles. The van der Waals surface area contributed by atoms with E-state index in [9.17, 15) is 14.4 Å². The van der Waals surface area contributed by atoms with Crippen LogP contribution >= 0.6 is 0 Å². The largest absolute Gasteiger partial charge is 0.360 e. The summed E-state index contributed by atoms with van der Waals surface area (Å²) in [7, 11) is 0. The van der Waals surface area contributed by atoms with Crippen LogP contribution in [0.4, 0.5) is 0 Å². The summed E-state index contributed by atoms with van der Waals surface area (Å²) < 4.78 is 0. The molecule has 0 saturated carbocycles. The topological polar surface area (TPSA) is 116 Å². The van der Waals surface area contributed by atoms with Crippen molar-refractivity contribution in [1.82, 2.24) is 0 Å². The Bertz CT molecular complexity index is 2460. The van der Waals surface area contributed by atoms with E-state index < -0.39 is 17.9 Å². The molecule has 0 aliphatic heterocycles. The third-order valence-corrected chi connectivity index (χ3v) is 8.27. The Morgan fingerprint density at radius 3 is 0.875 bits per heavy atom. The molecule has 0 aromatic heterocycles. The fourth-order valence-corrected chi connectivity index (χ4v) is 6.17. The van der Waals surface area contributed by atoms with Crippen molar-refractivity contribution in [2.45, 2.75) is 20.8 Å². The van der Waals surface area contributed by atoms with Gasteiger partial charge >= 0.3 is 17.9 Å². The summed E-state index contributed by atoms with van der Waals surface area (Å²) >= 11 is 0. The van der Waals surface area contributed by atoms with Gasteiger partial charge in [0.2, 0.25) is 0 Å². The first-order valence-electron chi connectivity index (χ1n) is 15.0. The molecule has 0 atom stereocenters. The average molecular weight is 634 g/mol. The lowest BCUT2D eigenvalue weighted by Crippen LogP contribution is -2.09. The lowest BCUT2D eigenvalue weighted by molar-refractivity contribution is -0.140. The van der Waals surface area contributed by atoms with Gasteiger partial charge in [0.1, 0.15) is 16.1 Å². The molecule has 48 heavy (non-hydrogen) atoms. The van der Waals surface area contributed by atoms with E-state index in [1.165, 1.54) is 0 Å². The molecule has 0 fully saturated rings. The van der Waals surface area contributed by atoms with Gasteiger partial charge in [0.05, 0.1) is 0 Å². The third kappa shape index (κ3) is 4.55. The van der Waals surface area contributed by atoms with Gasteiger partial charge in [-0.15, -0.1) is 0 Å². The minimum absolute atomic E-state index is 0.188. The fraction of sp³-hybridized carbons (Fsp3) is 0.0769. The maximum Gasteiger partial charge on any atom is 0.360 e. The van der Waals surface area contributed by atoms with Gasteiger partial charge in [0, 0.05) is 65.2 Å². The minimum Gasteiger partial charge on any atom is -0.313 e. The lowest BCUT2D eigenvalue weighted by Gasteiger charge is -2.03. The number of hydrogen-bond donors (Lipinski definition) is 0. The van der Waals surface area contributed by atoms with Crippen molar-refractivity contribution < 1.29 is 28.9 Å². The second kappa shape index (κ2) is 11.4. The van der Waals surface area contributed by atoms with Crippen LogP contribution in [0.1, 0.15) is 20.8 Å². The zero-order valence-electron chi connectivity index (χ0n) is 26.3. The highest BCUT2D eigenvalue weighted by molar-refractivity contribution is 6.42. The first-order chi connectivity index (χ1) is 23.1. The summed E-state index contributed by atoms with van der Waals surface area (Å²) in [5.41, 5.74) is 0.565. The Morgan fingerprint density at radius 2 is 0.646 bits per heavy atom. The molecule has 0 heterocycles. The highest BCUT2D eigenvalue weighted by atomic mass is 16.7. The molecular formula is C39H27N3O6. The molecule has 7 aromatic rings. The second-order valence-corrected chi connectivity index (χ2v) is 11.7. The van der Waals surface area contributed by atoms with Crippen molar-refractivity contribution >= 4 is 82.5 Å². The van der Waals surface area contributed by atoms with Crippen molar-refractivity contribution in [1.29, 1.82) is 0 Å². The van der Waals surface area contributed by atoms with Crippen molar-refractivity contribution in [3.8, 4) is 0 Å². The second-order valence-electron chi connectivity index (χ2n) is 11.7. The summed E-state index contributed by atoms with van der Waals surface area (Å²) in [5.74, 6) is -2.04. The predicted molar refractivity (Wildman–Crippen MR) is 184 cm³/mol.